The van der Waals surface area contributed by atoms with E-state index < -0.39 is 34.9 Å². The maximum Gasteiger partial charge on any atom is 0.266 e. The van der Waals surface area contributed by atoms with E-state index in [0.717, 1.165) is 68.1 Å². The molecule has 3 aromatic carbocycles. The van der Waals surface area contributed by atoms with Crippen molar-refractivity contribution in [1.82, 2.24) is 9.97 Å². The van der Waals surface area contributed by atoms with Crippen LogP contribution in [0.5, 0.6) is 0 Å². The number of anilines is 1. The molecule has 2 heterocycles. The van der Waals surface area contributed by atoms with Crippen molar-refractivity contribution in [3.8, 4) is 0 Å². The van der Waals surface area contributed by atoms with Gasteiger partial charge in [-0.15, -0.1) is 0 Å². The Morgan fingerprint density at radius 2 is 1.42 bits per heavy atom. The molecule has 0 saturated heterocycles. The van der Waals surface area contributed by atoms with Crippen LogP contribution < -0.4 is 10.5 Å². The molecule has 0 bridgehead atoms. The van der Waals surface area contributed by atoms with Gasteiger partial charge in [0.15, 0.2) is 11.6 Å². The number of fused-ring (bicyclic) bond motifs is 3. The number of hydrogen-bond donors (Lipinski definition) is 1. The summed E-state index contributed by atoms with van der Waals surface area (Å²) in [6.45, 7) is 4.10. The summed E-state index contributed by atoms with van der Waals surface area (Å²) in [6.07, 6.45) is 14.3. The Morgan fingerprint density at radius 1 is 0.780 bits per heavy atom. The summed E-state index contributed by atoms with van der Waals surface area (Å²) < 4.78 is 0. The highest BCUT2D eigenvalue weighted by Crippen LogP contribution is 2.45. The van der Waals surface area contributed by atoms with Gasteiger partial charge in [0.2, 0.25) is 0 Å². The fourth-order valence-corrected chi connectivity index (χ4v) is 8.64. The lowest BCUT2D eigenvalue weighted by Gasteiger charge is -2.26. The number of H-pyrrole nitrogens is 1. The fraction of sp³-hybridized carbons (Fsp3) is 0.381. The van der Waals surface area contributed by atoms with Crippen molar-refractivity contribution in [3.05, 3.63) is 110 Å². The number of benzene rings is 3. The van der Waals surface area contributed by atoms with Gasteiger partial charge in [0.1, 0.15) is 11.7 Å². The third kappa shape index (κ3) is 5.27. The smallest absolute Gasteiger partial charge is 0.266 e. The summed E-state index contributed by atoms with van der Waals surface area (Å²) in [5.41, 5.74) is 5.20. The monoisotopic (exact) mass is 667 g/mol. The Bertz CT molecular complexity index is 2140. The normalized spacial score (nSPS) is 18.9. The van der Waals surface area contributed by atoms with Gasteiger partial charge in [-0.2, -0.15) is 0 Å². The minimum absolute atomic E-state index is 0.0419. The maximum absolute atomic E-state index is 14.1. The molecule has 8 heteroatoms. The number of carbonyl (C=O) groups is 4. The van der Waals surface area contributed by atoms with Crippen molar-refractivity contribution < 1.29 is 19.2 Å². The molecule has 2 amide bonds. The van der Waals surface area contributed by atoms with Crippen molar-refractivity contribution in [2.45, 2.75) is 102 Å². The number of amides is 2. The van der Waals surface area contributed by atoms with Crippen LogP contribution in [-0.2, 0) is 0 Å². The molecule has 4 aromatic rings. The molecule has 0 radical (unpaired) electrons. The average Bonchev–Trinajstić information content (AvgIpc) is 3.82. The molecule has 8 rings (SSSR count). The number of allylic oxidation sites excluding steroid dienone is 2. The van der Waals surface area contributed by atoms with Crippen LogP contribution in [0.15, 0.2) is 59.4 Å². The molecular formula is C42H41N3O5. The summed E-state index contributed by atoms with van der Waals surface area (Å²) in [6, 6.07) is 14.4. The Balaban J connectivity index is 1.13. The van der Waals surface area contributed by atoms with E-state index in [4.69, 9.17) is 0 Å². The van der Waals surface area contributed by atoms with Gasteiger partial charge in [0.05, 0.1) is 27.7 Å². The van der Waals surface area contributed by atoms with E-state index in [1.54, 1.807) is 12.1 Å². The molecule has 1 aliphatic heterocycles. The number of unbranched alkanes of at least 4 members (excludes halogenated alkanes) is 1. The largest absolute Gasteiger partial charge is 0.309 e. The summed E-state index contributed by atoms with van der Waals surface area (Å²) in [5, 5.41) is 0.357. The van der Waals surface area contributed by atoms with Crippen molar-refractivity contribution in [2.24, 2.45) is 0 Å². The molecule has 8 nitrogen and oxygen atoms in total. The van der Waals surface area contributed by atoms with Gasteiger partial charge in [-0.25, -0.2) is 9.88 Å². The van der Waals surface area contributed by atoms with E-state index in [2.05, 4.69) is 35.1 Å². The zero-order chi connectivity index (χ0) is 34.7. The average molecular weight is 668 g/mol. The van der Waals surface area contributed by atoms with Crippen LogP contribution in [0.2, 0.25) is 0 Å². The van der Waals surface area contributed by atoms with Crippen LogP contribution in [0.25, 0.3) is 16.5 Å². The van der Waals surface area contributed by atoms with Crippen LogP contribution in [0.3, 0.4) is 0 Å². The summed E-state index contributed by atoms with van der Waals surface area (Å²) in [5.74, 6) is -2.72. The minimum Gasteiger partial charge on any atom is -0.309 e. The molecule has 254 valence electrons. The fourth-order valence-electron chi connectivity index (χ4n) is 8.64. The molecule has 4 aliphatic rings. The molecular weight excluding hydrogens is 626 g/mol. The number of carbonyl (C=O) groups excluding carboxylic acids is 4. The van der Waals surface area contributed by atoms with Gasteiger partial charge in [-0.05, 0) is 103 Å². The number of ketones is 2. The zero-order valence-corrected chi connectivity index (χ0v) is 28.6. The summed E-state index contributed by atoms with van der Waals surface area (Å²) in [4.78, 5) is 77.6. The van der Waals surface area contributed by atoms with Gasteiger partial charge < -0.3 is 4.98 Å². The van der Waals surface area contributed by atoms with Crippen molar-refractivity contribution in [3.63, 3.8) is 0 Å². The Morgan fingerprint density at radius 3 is 2.08 bits per heavy atom. The Kier molecular flexibility index (Phi) is 8.20. The highest BCUT2D eigenvalue weighted by Gasteiger charge is 2.46. The standard InChI is InChI=1S/C42H41N3O5/c1-3-4-10-23(2)26-15-17-28-34(20-26)43-39(44-40(28)48)36-37(46)30-21-32-33(22-31(30)38(36)47)42(50)45(41(32)49)35-18-16-27(24-11-6-5-7-12-24)19-29(35)25-13-8-9-14-25/h10,15-22,24-25,36H,3-9,11-14H2,1-2H3,(H,43,44,48)/b23-10-. The molecule has 3 aliphatic carbocycles. The number of Topliss-reactive ketones (excluding diaryl/α,β-unsaturated/α-hetero) is 2. The first kappa shape index (κ1) is 32.2. The first-order valence-electron chi connectivity index (χ1n) is 18.2. The van der Waals surface area contributed by atoms with Crippen LogP contribution >= 0.6 is 0 Å². The van der Waals surface area contributed by atoms with Gasteiger partial charge in [0.25, 0.3) is 17.4 Å². The summed E-state index contributed by atoms with van der Waals surface area (Å²) in [7, 11) is 0. The number of aromatic nitrogens is 2. The van der Waals surface area contributed by atoms with Crippen molar-refractivity contribution in [2.75, 3.05) is 4.90 Å². The lowest BCUT2D eigenvalue weighted by atomic mass is 9.82. The molecule has 0 atom stereocenters. The van der Waals surface area contributed by atoms with Gasteiger partial charge in [0, 0.05) is 11.1 Å². The number of aromatic amines is 1. The van der Waals surface area contributed by atoms with E-state index in [1.165, 1.54) is 41.9 Å². The molecule has 1 N–H and O–H groups in total. The van der Waals surface area contributed by atoms with Crippen molar-refractivity contribution >= 4 is 45.5 Å². The Hall–Kier alpha value is -4.98. The first-order chi connectivity index (χ1) is 24.2. The predicted octanol–water partition coefficient (Wildman–Crippen LogP) is 8.80. The summed E-state index contributed by atoms with van der Waals surface area (Å²) >= 11 is 0. The molecule has 50 heavy (non-hydrogen) atoms. The first-order valence-corrected chi connectivity index (χ1v) is 18.2. The third-order valence-electron chi connectivity index (χ3n) is 11.4. The van der Waals surface area contributed by atoms with Crippen LogP contribution in [0.1, 0.15) is 166 Å². The predicted molar refractivity (Wildman–Crippen MR) is 193 cm³/mol. The number of imide groups is 1. The molecule has 2 fully saturated rings. The molecule has 0 spiro atoms. The highest BCUT2D eigenvalue weighted by molar-refractivity contribution is 6.37. The zero-order valence-electron chi connectivity index (χ0n) is 28.6. The number of hydrogen-bond acceptors (Lipinski definition) is 6. The highest BCUT2D eigenvalue weighted by atomic mass is 16.2. The second-order valence-corrected chi connectivity index (χ2v) is 14.5. The van der Waals surface area contributed by atoms with E-state index in [9.17, 15) is 24.0 Å². The lowest BCUT2D eigenvalue weighted by molar-refractivity contribution is 0.0882. The van der Waals surface area contributed by atoms with E-state index >= 15 is 0 Å². The number of nitrogens with zero attached hydrogens (tertiary/aromatic N) is 2. The minimum atomic E-state index is -1.37. The van der Waals surface area contributed by atoms with Gasteiger partial charge >= 0.3 is 0 Å². The van der Waals surface area contributed by atoms with E-state index in [0.29, 0.717) is 22.5 Å². The van der Waals surface area contributed by atoms with Gasteiger partial charge in [-0.1, -0.05) is 69.7 Å². The second kappa shape index (κ2) is 12.7. The second-order valence-electron chi connectivity index (χ2n) is 14.5. The topological polar surface area (TPSA) is 117 Å². The quantitative estimate of drug-likeness (QED) is 0.156. The van der Waals surface area contributed by atoms with Crippen molar-refractivity contribution in [1.29, 1.82) is 0 Å². The Labute approximate surface area is 291 Å². The lowest BCUT2D eigenvalue weighted by Crippen LogP contribution is -2.30. The SMILES string of the molecule is CCC/C=C(/C)c1ccc2c(=O)[nH]c(C3C(=O)c4cc5c(cc4C3=O)C(=O)N(c3ccc(C4CCCCC4)cc3C3CCCC3)C5=O)nc2c1. The molecule has 0 unspecified atom stereocenters. The van der Waals surface area contributed by atoms with Crippen LogP contribution in [0.4, 0.5) is 5.69 Å². The van der Waals surface area contributed by atoms with Crippen LogP contribution in [0, 0.1) is 0 Å². The molecule has 2 saturated carbocycles. The maximum atomic E-state index is 14.1. The van der Waals surface area contributed by atoms with E-state index in [1.807, 2.05) is 19.1 Å². The number of rotatable bonds is 7. The van der Waals surface area contributed by atoms with Gasteiger partial charge in [-0.3, -0.25) is 24.0 Å². The van der Waals surface area contributed by atoms with E-state index in [-0.39, 0.29) is 34.0 Å². The third-order valence-corrected chi connectivity index (χ3v) is 11.4. The van der Waals surface area contributed by atoms with Crippen LogP contribution in [-0.4, -0.2) is 33.3 Å². The number of nitrogens with one attached hydrogen (secondary N) is 1. The molecule has 1 aromatic heterocycles.